The molecule has 4 heterocycles. The minimum absolute atomic E-state index is 0.224. The van der Waals surface area contributed by atoms with E-state index in [2.05, 4.69) is 20.1 Å². The smallest absolute Gasteiger partial charge is 0.410 e. The number of carbonyl (C=O) groups excluding carboxylic acids is 1. The summed E-state index contributed by atoms with van der Waals surface area (Å²) in [6.45, 7) is 0.811. The SMILES string of the molecule is O=C(OCc1ccccc1)N1CCCC1c1nc(-c2cccc(-c3ccccn3)n2)no1. The lowest BCUT2D eigenvalue weighted by molar-refractivity contribution is 0.0866. The summed E-state index contributed by atoms with van der Waals surface area (Å²) in [4.78, 5) is 27.8. The lowest BCUT2D eigenvalue weighted by Gasteiger charge is -2.21. The van der Waals surface area contributed by atoms with E-state index in [9.17, 15) is 4.79 Å². The van der Waals surface area contributed by atoms with Gasteiger partial charge in [-0.2, -0.15) is 4.98 Å². The number of hydrogen-bond donors (Lipinski definition) is 0. The van der Waals surface area contributed by atoms with Crippen LogP contribution in [-0.4, -0.2) is 37.6 Å². The second kappa shape index (κ2) is 8.97. The molecule has 0 saturated carbocycles. The van der Waals surface area contributed by atoms with Gasteiger partial charge in [-0.15, -0.1) is 0 Å². The fourth-order valence-electron chi connectivity index (χ4n) is 3.73. The Morgan fingerprint density at radius 3 is 2.62 bits per heavy atom. The molecule has 0 radical (unpaired) electrons. The fraction of sp³-hybridized carbons (Fsp3) is 0.208. The van der Waals surface area contributed by atoms with Crippen molar-refractivity contribution in [2.45, 2.75) is 25.5 Å². The Balaban J connectivity index is 1.31. The number of pyridine rings is 2. The lowest BCUT2D eigenvalue weighted by atomic mass is 10.2. The molecule has 8 nitrogen and oxygen atoms in total. The van der Waals surface area contributed by atoms with Crippen LogP contribution >= 0.6 is 0 Å². The minimum atomic E-state index is -0.383. The van der Waals surface area contributed by atoms with Crippen molar-refractivity contribution in [3.63, 3.8) is 0 Å². The van der Waals surface area contributed by atoms with Crippen LogP contribution in [0.1, 0.15) is 30.3 Å². The van der Waals surface area contributed by atoms with Crippen LogP contribution < -0.4 is 0 Å². The van der Waals surface area contributed by atoms with Gasteiger partial charge in [0.1, 0.15) is 18.3 Å². The first-order valence-electron chi connectivity index (χ1n) is 10.5. The molecule has 0 aliphatic carbocycles. The van der Waals surface area contributed by atoms with Crippen LogP contribution in [-0.2, 0) is 11.3 Å². The Kier molecular flexibility index (Phi) is 5.57. The Labute approximate surface area is 184 Å². The first kappa shape index (κ1) is 19.9. The molecule has 5 rings (SSSR count). The van der Waals surface area contributed by atoms with Crippen molar-refractivity contribution in [2.75, 3.05) is 6.54 Å². The molecule has 1 amide bonds. The largest absolute Gasteiger partial charge is 0.445 e. The average Bonchev–Trinajstić information content (AvgIpc) is 3.54. The lowest BCUT2D eigenvalue weighted by Crippen LogP contribution is -2.31. The Morgan fingerprint density at radius 2 is 1.78 bits per heavy atom. The van der Waals surface area contributed by atoms with Crippen molar-refractivity contribution >= 4 is 6.09 Å². The maximum atomic E-state index is 12.7. The van der Waals surface area contributed by atoms with E-state index in [4.69, 9.17) is 9.26 Å². The highest BCUT2D eigenvalue weighted by Gasteiger charge is 2.35. The van der Waals surface area contributed by atoms with Gasteiger partial charge in [0, 0.05) is 12.7 Å². The van der Waals surface area contributed by atoms with Crippen molar-refractivity contribution in [1.82, 2.24) is 25.0 Å². The highest BCUT2D eigenvalue weighted by atomic mass is 16.6. The van der Waals surface area contributed by atoms with Gasteiger partial charge < -0.3 is 9.26 Å². The maximum absolute atomic E-state index is 12.7. The first-order chi connectivity index (χ1) is 15.8. The van der Waals surface area contributed by atoms with Gasteiger partial charge in [-0.25, -0.2) is 9.78 Å². The number of ether oxygens (including phenoxy) is 1. The Morgan fingerprint density at radius 1 is 0.969 bits per heavy atom. The molecule has 0 N–H and O–H groups in total. The molecule has 1 aromatic carbocycles. The number of hydrogen-bond acceptors (Lipinski definition) is 7. The van der Waals surface area contributed by atoms with Crippen molar-refractivity contribution in [2.24, 2.45) is 0 Å². The van der Waals surface area contributed by atoms with Crippen LogP contribution in [0.3, 0.4) is 0 Å². The van der Waals surface area contributed by atoms with E-state index in [1.807, 2.05) is 66.7 Å². The van der Waals surface area contributed by atoms with Crippen LogP contribution in [0.25, 0.3) is 22.9 Å². The maximum Gasteiger partial charge on any atom is 0.410 e. The highest BCUT2D eigenvalue weighted by molar-refractivity contribution is 5.68. The third-order valence-corrected chi connectivity index (χ3v) is 5.32. The topological polar surface area (TPSA) is 94.2 Å². The number of likely N-dealkylation sites (tertiary alicyclic amines) is 1. The van der Waals surface area contributed by atoms with Gasteiger partial charge in [0.15, 0.2) is 0 Å². The normalized spacial score (nSPS) is 15.6. The van der Waals surface area contributed by atoms with E-state index in [0.717, 1.165) is 29.8 Å². The predicted octanol–water partition coefficient (Wildman–Crippen LogP) is 4.67. The molecule has 3 aromatic heterocycles. The molecule has 0 spiro atoms. The van der Waals surface area contributed by atoms with Crippen molar-refractivity contribution in [1.29, 1.82) is 0 Å². The van der Waals surface area contributed by atoms with Crippen molar-refractivity contribution < 1.29 is 14.1 Å². The molecule has 4 aromatic rings. The van der Waals surface area contributed by atoms with E-state index in [0.29, 0.717) is 24.0 Å². The number of benzene rings is 1. The molecule has 1 saturated heterocycles. The minimum Gasteiger partial charge on any atom is -0.445 e. The van der Waals surface area contributed by atoms with Crippen LogP contribution in [0.15, 0.2) is 77.4 Å². The molecule has 1 unspecified atom stereocenters. The van der Waals surface area contributed by atoms with E-state index in [-0.39, 0.29) is 18.7 Å². The van der Waals surface area contributed by atoms with Gasteiger partial charge in [0.25, 0.3) is 0 Å². The third kappa shape index (κ3) is 4.20. The monoisotopic (exact) mass is 427 g/mol. The van der Waals surface area contributed by atoms with Crippen LogP contribution in [0.2, 0.25) is 0 Å². The molecule has 32 heavy (non-hydrogen) atoms. The van der Waals surface area contributed by atoms with Gasteiger partial charge >= 0.3 is 6.09 Å². The van der Waals surface area contributed by atoms with Gasteiger partial charge in [0.2, 0.25) is 11.7 Å². The summed E-state index contributed by atoms with van der Waals surface area (Å²) in [5.74, 6) is 0.765. The zero-order valence-corrected chi connectivity index (χ0v) is 17.3. The van der Waals surface area contributed by atoms with Crippen LogP contribution in [0, 0.1) is 0 Å². The molecular formula is C24H21N5O3. The average molecular weight is 427 g/mol. The molecule has 1 aliphatic rings. The number of nitrogens with zero attached hydrogens (tertiary/aromatic N) is 5. The molecular weight excluding hydrogens is 406 g/mol. The summed E-state index contributed by atoms with van der Waals surface area (Å²) in [6, 6.07) is 20.5. The zero-order chi connectivity index (χ0) is 21.8. The van der Waals surface area contributed by atoms with Crippen molar-refractivity contribution in [3.05, 3.63) is 84.4 Å². The third-order valence-electron chi connectivity index (χ3n) is 5.32. The summed E-state index contributed by atoms with van der Waals surface area (Å²) in [5, 5.41) is 4.11. The summed E-state index contributed by atoms with van der Waals surface area (Å²) in [6.07, 6.45) is 2.92. The molecule has 1 aliphatic heterocycles. The predicted molar refractivity (Wildman–Crippen MR) is 116 cm³/mol. The van der Waals surface area contributed by atoms with E-state index in [1.165, 1.54) is 0 Å². The van der Waals surface area contributed by atoms with E-state index < -0.39 is 0 Å². The number of carbonyl (C=O) groups is 1. The second-order valence-corrected chi connectivity index (χ2v) is 7.47. The standard InChI is InChI=1S/C24H21N5O3/c30-24(31-16-17-8-2-1-3-9-17)29-15-7-13-21(29)23-27-22(28-32-23)20-12-6-11-19(26-20)18-10-4-5-14-25-18/h1-6,8-12,14,21H,7,13,15-16H2. The Bertz CT molecular complexity index is 1200. The number of rotatable bonds is 5. The summed E-state index contributed by atoms with van der Waals surface area (Å²) in [5.41, 5.74) is 3.01. The van der Waals surface area contributed by atoms with Gasteiger partial charge in [-0.1, -0.05) is 47.6 Å². The molecule has 0 bridgehead atoms. The highest BCUT2D eigenvalue weighted by Crippen LogP contribution is 2.32. The van der Waals surface area contributed by atoms with Crippen molar-refractivity contribution in [3.8, 4) is 22.9 Å². The first-order valence-corrected chi connectivity index (χ1v) is 10.5. The van der Waals surface area contributed by atoms with Crippen LogP contribution in [0.5, 0.6) is 0 Å². The summed E-state index contributed by atoms with van der Waals surface area (Å²) < 4.78 is 11.0. The quantitative estimate of drug-likeness (QED) is 0.457. The number of aromatic nitrogens is 4. The molecule has 160 valence electrons. The van der Waals surface area contributed by atoms with E-state index in [1.54, 1.807) is 11.1 Å². The van der Waals surface area contributed by atoms with Gasteiger partial charge in [0.05, 0.1) is 11.4 Å². The van der Waals surface area contributed by atoms with E-state index >= 15 is 0 Å². The summed E-state index contributed by atoms with van der Waals surface area (Å²) >= 11 is 0. The molecule has 1 atom stereocenters. The summed E-state index contributed by atoms with van der Waals surface area (Å²) in [7, 11) is 0. The fourth-order valence-corrected chi connectivity index (χ4v) is 3.73. The molecule has 8 heteroatoms. The van der Waals surface area contributed by atoms with Crippen LogP contribution in [0.4, 0.5) is 4.79 Å². The van der Waals surface area contributed by atoms with Gasteiger partial charge in [-0.05, 0) is 42.7 Å². The number of amides is 1. The second-order valence-electron chi connectivity index (χ2n) is 7.47. The Hall–Kier alpha value is -4.07. The molecule has 1 fully saturated rings. The van der Waals surface area contributed by atoms with Gasteiger partial charge in [-0.3, -0.25) is 9.88 Å². The zero-order valence-electron chi connectivity index (χ0n) is 17.3.